The van der Waals surface area contributed by atoms with Gasteiger partial charge >= 0.3 is 0 Å². The Bertz CT molecular complexity index is 1330. The molecule has 0 bridgehead atoms. The molecular weight excluding hydrogens is 451 g/mol. The van der Waals surface area contributed by atoms with Crippen molar-refractivity contribution in [2.24, 2.45) is 0 Å². The molecule has 2 heterocycles. The largest absolute Gasteiger partial charge is 0.453 e. The number of halogens is 1. The van der Waals surface area contributed by atoms with Gasteiger partial charge in [-0.2, -0.15) is 5.10 Å². The molecular formula is C25H21FN6O3. The van der Waals surface area contributed by atoms with Gasteiger partial charge in [0.2, 0.25) is 11.8 Å². The van der Waals surface area contributed by atoms with Crippen molar-refractivity contribution in [2.45, 2.75) is 13.0 Å². The number of nitrogens with one attached hydrogen (secondary N) is 2. The molecule has 2 N–H and O–H groups in total. The van der Waals surface area contributed by atoms with Gasteiger partial charge in [-0.1, -0.05) is 6.07 Å². The van der Waals surface area contributed by atoms with E-state index in [1.165, 1.54) is 47.8 Å². The van der Waals surface area contributed by atoms with Gasteiger partial charge in [-0.15, -0.1) is 0 Å². The molecule has 10 heteroatoms. The summed E-state index contributed by atoms with van der Waals surface area (Å²) in [7, 11) is 0. The molecule has 4 rings (SSSR count). The summed E-state index contributed by atoms with van der Waals surface area (Å²) in [5, 5.41) is 9.44. The molecule has 2 aromatic heterocycles. The average Bonchev–Trinajstić information content (AvgIpc) is 3.41. The van der Waals surface area contributed by atoms with E-state index in [1.807, 2.05) is 0 Å². The van der Waals surface area contributed by atoms with E-state index < -0.39 is 17.8 Å². The number of anilines is 2. The molecule has 1 atom stereocenters. The third kappa shape index (κ3) is 6.35. The molecule has 0 aliphatic rings. The Labute approximate surface area is 200 Å². The zero-order chi connectivity index (χ0) is 24.6. The van der Waals surface area contributed by atoms with Crippen LogP contribution in [-0.4, -0.2) is 31.6 Å². The van der Waals surface area contributed by atoms with Crippen LogP contribution in [0.15, 0.2) is 85.7 Å². The summed E-state index contributed by atoms with van der Waals surface area (Å²) >= 11 is 0. The minimum Gasteiger partial charge on any atom is -0.453 e. The maximum Gasteiger partial charge on any atom is 0.249 e. The van der Waals surface area contributed by atoms with Crippen molar-refractivity contribution in [3.63, 3.8) is 0 Å². The minimum absolute atomic E-state index is 0.0578. The normalized spacial score (nSPS) is 11.7. The molecule has 176 valence electrons. The number of nitrogens with zero attached hydrogens (tertiary/aromatic N) is 4. The molecule has 0 saturated carbocycles. The average molecular weight is 472 g/mol. The number of carbonyl (C=O) groups excluding carboxylic acids is 2. The van der Waals surface area contributed by atoms with Gasteiger partial charge in [-0.3, -0.25) is 14.6 Å². The van der Waals surface area contributed by atoms with Crippen molar-refractivity contribution in [1.29, 1.82) is 0 Å². The van der Waals surface area contributed by atoms with E-state index in [0.29, 0.717) is 22.7 Å². The summed E-state index contributed by atoms with van der Waals surface area (Å²) in [5.74, 6) is -0.726. The molecule has 0 aliphatic heterocycles. The number of hydrogen-bond donors (Lipinski definition) is 2. The number of ether oxygens (including phenoxy) is 1. The lowest BCUT2D eigenvalue weighted by Crippen LogP contribution is -2.24. The standard InChI is InChI=1S/C25H21FN6O3/c1-17(32-16-28-15-29-32)25(34)31-20-8-6-19(7-9-20)30-24(33)11-5-18-4-10-23(22(26)13-18)35-21-3-2-12-27-14-21/h2-17H,1H3,(H,30,33)(H,31,34)/b11-5+. The molecule has 9 nitrogen and oxygen atoms in total. The lowest BCUT2D eigenvalue weighted by Gasteiger charge is -2.12. The summed E-state index contributed by atoms with van der Waals surface area (Å²) in [6.45, 7) is 1.71. The van der Waals surface area contributed by atoms with Crippen molar-refractivity contribution in [2.75, 3.05) is 10.6 Å². The summed E-state index contributed by atoms with van der Waals surface area (Å²) in [5.41, 5.74) is 1.60. The van der Waals surface area contributed by atoms with Crippen molar-refractivity contribution in [3.05, 3.63) is 97.1 Å². The minimum atomic E-state index is -0.563. The number of aromatic nitrogens is 4. The van der Waals surface area contributed by atoms with Gasteiger partial charge in [-0.05, 0) is 67.1 Å². The van der Waals surface area contributed by atoms with Crippen molar-refractivity contribution in [1.82, 2.24) is 19.7 Å². The summed E-state index contributed by atoms with van der Waals surface area (Å²) < 4.78 is 21.3. The van der Waals surface area contributed by atoms with Gasteiger partial charge in [0.15, 0.2) is 11.6 Å². The lowest BCUT2D eigenvalue weighted by molar-refractivity contribution is -0.119. The van der Waals surface area contributed by atoms with E-state index in [0.717, 1.165) is 0 Å². The quantitative estimate of drug-likeness (QED) is 0.367. The van der Waals surface area contributed by atoms with Gasteiger partial charge < -0.3 is 15.4 Å². The topological polar surface area (TPSA) is 111 Å². The van der Waals surface area contributed by atoms with Gasteiger partial charge in [0.1, 0.15) is 24.4 Å². The van der Waals surface area contributed by atoms with E-state index in [4.69, 9.17) is 4.74 Å². The maximum absolute atomic E-state index is 14.3. The predicted molar refractivity (Wildman–Crippen MR) is 128 cm³/mol. The Morgan fingerprint density at radius 3 is 2.49 bits per heavy atom. The van der Waals surface area contributed by atoms with Crippen LogP contribution >= 0.6 is 0 Å². The zero-order valence-corrected chi connectivity index (χ0v) is 18.6. The highest BCUT2D eigenvalue weighted by atomic mass is 19.1. The van der Waals surface area contributed by atoms with Gasteiger partial charge in [0.05, 0.1) is 6.20 Å². The number of carbonyl (C=O) groups is 2. The van der Waals surface area contributed by atoms with Gasteiger partial charge in [-0.25, -0.2) is 14.1 Å². The van der Waals surface area contributed by atoms with E-state index in [9.17, 15) is 14.0 Å². The van der Waals surface area contributed by atoms with Crippen molar-refractivity contribution < 1.29 is 18.7 Å². The van der Waals surface area contributed by atoms with Crippen molar-refractivity contribution in [3.8, 4) is 11.5 Å². The highest BCUT2D eigenvalue weighted by molar-refractivity contribution is 6.02. The summed E-state index contributed by atoms with van der Waals surface area (Å²) in [4.78, 5) is 32.3. The highest BCUT2D eigenvalue weighted by Crippen LogP contribution is 2.25. The first-order chi connectivity index (χ1) is 17.0. The van der Waals surface area contributed by atoms with Crippen LogP contribution in [0.5, 0.6) is 11.5 Å². The van der Waals surface area contributed by atoms with Crippen LogP contribution in [0.25, 0.3) is 6.08 Å². The zero-order valence-electron chi connectivity index (χ0n) is 18.6. The molecule has 4 aromatic rings. The van der Waals surface area contributed by atoms with Gasteiger partial charge in [0.25, 0.3) is 0 Å². The SMILES string of the molecule is CC(C(=O)Nc1ccc(NC(=O)/C=C/c2ccc(Oc3cccnc3)c(F)c2)cc1)n1cncn1. The van der Waals surface area contributed by atoms with Crippen LogP contribution in [-0.2, 0) is 9.59 Å². The first-order valence-corrected chi connectivity index (χ1v) is 10.6. The van der Waals surface area contributed by atoms with E-state index in [2.05, 4.69) is 25.7 Å². The monoisotopic (exact) mass is 472 g/mol. The van der Waals surface area contributed by atoms with Crippen LogP contribution < -0.4 is 15.4 Å². The van der Waals surface area contributed by atoms with E-state index in [-0.39, 0.29) is 11.7 Å². The number of benzene rings is 2. The number of pyridine rings is 1. The second-order valence-electron chi connectivity index (χ2n) is 7.42. The molecule has 0 spiro atoms. The number of amides is 2. The first kappa shape index (κ1) is 23.3. The van der Waals surface area contributed by atoms with Crippen LogP contribution in [0.1, 0.15) is 18.5 Å². The smallest absolute Gasteiger partial charge is 0.249 e. The molecule has 35 heavy (non-hydrogen) atoms. The third-order valence-electron chi connectivity index (χ3n) is 4.88. The Morgan fingerprint density at radius 2 is 1.83 bits per heavy atom. The molecule has 1 unspecified atom stereocenters. The molecule has 0 fully saturated rings. The Morgan fingerprint density at radius 1 is 1.06 bits per heavy atom. The molecule has 0 radical (unpaired) electrons. The second kappa shape index (κ2) is 10.8. The summed E-state index contributed by atoms with van der Waals surface area (Å²) in [6.07, 6.45) is 8.70. The van der Waals surface area contributed by atoms with Gasteiger partial charge in [0, 0.05) is 23.6 Å². The van der Waals surface area contributed by atoms with E-state index in [1.54, 1.807) is 55.6 Å². The maximum atomic E-state index is 14.3. The fraction of sp³-hybridized carbons (Fsp3) is 0.0800. The van der Waals surface area contributed by atoms with Crippen LogP contribution in [0.4, 0.5) is 15.8 Å². The Hall–Kier alpha value is -4.86. The Kier molecular flexibility index (Phi) is 7.22. The molecule has 2 aromatic carbocycles. The number of hydrogen-bond acceptors (Lipinski definition) is 6. The fourth-order valence-electron chi connectivity index (χ4n) is 3.01. The third-order valence-corrected chi connectivity index (χ3v) is 4.88. The lowest BCUT2D eigenvalue weighted by atomic mass is 10.2. The van der Waals surface area contributed by atoms with Crippen LogP contribution in [0, 0.1) is 5.82 Å². The second-order valence-corrected chi connectivity index (χ2v) is 7.42. The molecule has 0 saturated heterocycles. The first-order valence-electron chi connectivity index (χ1n) is 10.6. The Balaban J connectivity index is 1.30. The fourth-order valence-corrected chi connectivity index (χ4v) is 3.01. The highest BCUT2D eigenvalue weighted by Gasteiger charge is 2.15. The van der Waals surface area contributed by atoms with Crippen LogP contribution in [0.2, 0.25) is 0 Å². The van der Waals surface area contributed by atoms with E-state index >= 15 is 0 Å². The van der Waals surface area contributed by atoms with Crippen molar-refractivity contribution >= 4 is 29.3 Å². The number of rotatable bonds is 8. The summed E-state index contributed by atoms with van der Waals surface area (Å²) in [6, 6.07) is 13.9. The van der Waals surface area contributed by atoms with Crippen LogP contribution in [0.3, 0.4) is 0 Å². The predicted octanol–water partition coefficient (Wildman–Crippen LogP) is 4.46. The molecule has 2 amide bonds. The molecule has 0 aliphatic carbocycles.